The highest BCUT2D eigenvalue weighted by Gasteiger charge is 2.21. The van der Waals surface area contributed by atoms with Gasteiger partial charge in [0.2, 0.25) is 0 Å². The van der Waals surface area contributed by atoms with Crippen LogP contribution in [0.15, 0.2) is 12.1 Å². The van der Waals surface area contributed by atoms with E-state index >= 15 is 0 Å². The summed E-state index contributed by atoms with van der Waals surface area (Å²) in [5, 5.41) is 0. The zero-order chi connectivity index (χ0) is 12.3. The average molecular weight is 241 g/mol. The molecule has 1 fully saturated rings. The third-order valence-corrected chi connectivity index (χ3v) is 2.96. The lowest BCUT2D eigenvalue weighted by atomic mass is 10.1. The van der Waals surface area contributed by atoms with E-state index in [4.69, 9.17) is 10.5 Å². The molecule has 0 aromatic heterocycles. The van der Waals surface area contributed by atoms with Crippen molar-refractivity contribution in [2.75, 3.05) is 13.2 Å². The maximum Gasteiger partial charge on any atom is 0.190 e. The Labute approximate surface area is 99.8 Å². The molecular formula is C13H17F2NO. The van der Waals surface area contributed by atoms with Crippen molar-refractivity contribution in [1.82, 2.24) is 0 Å². The highest BCUT2D eigenvalue weighted by Crippen LogP contribution is 2.32. The predicted molar refractivity (Wildman–Crippen MR) is 62.0 cm³/mol. The number of hydrogen-bond donors (Lipinski definition) is 1. The normalized spacial score (nSPS) is 15.0. The van der Waals surface area contributed by atoms with Crippen LogP contribution in [0.5, 0.6) is 5.75 Å². The number of hydrogen-bond acceptors (Lipinski definition) is 2. The van der Waals surface area contributed by atoms with E-state index in [1.165, 1.54) is 25.0 Å². The van der Waals surface area contributed by atoms with E-state index in [0.717, 1.165) is 6.42 Å². The molecule has 2 N–H and O–H groups in total. The van der Waals surface area contributed by atoms with Crippen molar-refractivity contribution >= 4 is 0 Å². The Hall–Kier alpha value is -1.16. The third-order valence-electron chi connectivity index (χ3n) is 2.96. The van der Waals surface area contributed by atoms with Crippen molar-refractivity contribution in [2.24, 2.45) is 11.7 Å². The van der Waals surface area contributed by atoms with Crippen molar-refractivity contribution in [1.29, 1.82) is 0 Å². The van der Waals surface area contributed by atoms with Crippen LogP contribution < -0.4 is 10.5 Å². The first-order chi connectivity index (χ1) is 8.20. The van der Waals surface area contributed by atoms with Gasteiger partial charge in [-0.05, 0) is 43.0 Å². The van der Waals surface area contributed by atoms with Gasteiger partial charge < -0.3 is 10.5 Å². The standard InChI is InChI=1S/C13H17F2NO/c14-11-7-10(3-5-16)8-12(15)13(11)17-6-4-9-1-2-9/h7-9H,1-6,16H2. The zero-order valence-corrected chi connectivity index (χ0v) is 9.72. The van der Waals surface area contributed by atoms with Gasteiger partial charge in [0, 0.05) is 0 Å². The second-order valence-electron chi connectivity index (χ2n) is 4.51. The van der Waals surface area contributed by atoms with E-state index in [9.17, 15) is 8.78 Å². The number of halogens is 2. The van der Waals surface area contributed by atoms with E-state index in [-0.39, 0.29) is 5.75 Å². The molecule has 0 amide bonds. The van der Waals surface area contributed by atoms with Crippen LogP contribution in [0.25, 0.3) is 0 Å². The van der Waals surface area contributed by atoms with Crippen LogP contribution in [0.4, 0.5) is 8.78 Å². The predicted octanol–water partition coefficient (Wildman–Crippen LogP) is 2.64. The maximum absolute atomic E-state index is 13.6. The summed E-state index contributed by atoms with van der Waals surface area (Å²) in [7, 11) is 0. The fraction of sp³-hybridized carbons (Fsp3) is 0.538. The summed E-state index contributed by atoms with van der Waals surface area (Å²) >= 11 is 0. The number of rotatable bonds is 6. The molecule has 0 radical (unpaired) electrons. The highest BCUT2D eigenvalue weighted by molar-refractivity contribution is 5.31. The van der Waals surface area contributed by atoms with Crippen molar-refractivity contribution in [2.45, 2.75) is 25.7 Å². The smallest absolute Gasteiger partial charge is 0.190 e. The van der Waals surface area contributed by atoms with Gasteiger partial charge in [-0.3, -0.25) is 0 Å². The second-order valence-corrected chi connectivity index (χ2v) is 4.51. The molecule has 0 unspecified atom stereocenters. The zero-order valence-electron chi connectivity index (χ0n) is 9.72. The molecule has 0 atom stereocenters. The lowest BCUT2D eigenvalue weighted by molar-refractivity contribution is 0.273. The summed E-state index contributed by atoms with van der Waals surface area (Å²) in [4.78, 5) is 0. The Bertz CT molecular complexity index is 368. The number of nitrogens with two attached hydrogens (primary N) is 1. The van der Waals surface area contributed by atoms with Crippen molar-refractivity contribution in [3.63, 3.8) is 0 Å². The minimum absolute atomic E-state index is 0.258. The molecule has 1 aliphatic carbocycles. The molecule has 1 aromatic carbocycles. The highest BCUT2D eigenvalue weighted by atomic mass is 19.1. The fourth-order valence-corrected chi connectivity index (χ4v) is 1.80. The van der Waals surface area contributed by atoms with Crippen molar-refractivity contribution < 1.29 is 13.5 Å². The van der Waals surface area contributed by atoms with E-state index in [1.54, 1.807) is 0 Å². The van der Waals surface area contributed by atoms with Crippen LogP contribution in [0.3, 0.4) is 0 Å². The van der Waals surface area contributed by atoms with Gasteiger partial charge in [0.05, 0.1) is 6.61 Å². The van der Waals surface area contributed by atoms with Gasteiger partial charge in [-0.25, -0.2) is 8.78 Å². The van der Waals surface area contributed by atoms with Gasteiger partial charge in [-0.1, -0.05) is 12.8 Å². The average Bonchev–Trinajstić information content (AvgIpc) is 3.06. The molecule has 4 heteroatoms. The van der Waals surface area contributed by atoms with Crippen LogP contribution >= 0.6 is 0 Å². The molecule has 2 nitrogen and oxygen atoms in total. The maximum atomic E-state index is 13.6. The lowest BCUT2D eigenvalue weighted by Gasteiger charge is -2.09. The van der Waals surface area contributed by atoms with Gasteiger partial charge in [-0.15, -0.1) is 0 Å². The molecule has 0 spiro atoms. The topological polar surface area (TPSA) is 35.2 Å². The molecule has 17 heavy (non-hydrogen) atoms. The van der Waals surface area contributed by atoms with Crippen LogP contribution in [0.1, 0.15) is 24.8 Å². The first-order valence-corrected chi connectivity index (χ1v) is 6.01. The molecular weight excluding hydrogens is 224 g/mol. The fourth-order valence-electron chi connectivity index (χ4n) is 1.80. The molecule has 1 aliphatic rings. The Kier molecular flexibility index (Phi) is 3.94. The number of benzene rings is 1. The summed E-state index contributed by atoms with van der Waals surface area (Å²) < 4.78 is 32.3. The van der Waals surface area contributed by atoms with Crippen LogP contribution in [0.2, 0.25) is 0 Å². The monoisotopic (exact) mass is 241 g/mol. The first kappa shape index (κ1) is 12.3. The Balaban J connectivity index is 1.99. The first-order valence-electron chi connectivity index (χ1n) is 6.01. The molecule has 0 aliphatic heterocycles. The van der Waals surface area contributed by atoms with E-state index in [0.29, 0.717) is 31.1 Å². The van der Waals surface area contributed by atoms with Gasteiger partial charge in [0.1, 0.15) is 0 Å². The van der Waals surface area contributed by atoms with Gasteiger partial charge in [-0.2, -0.15) is 0 Å². The minimum atomic E-state index is -0.635. The van der Waals surface area contributed by atoms with Crippen molar-refractivity contribution in [3.8, 4) is 5.75 Å². The van der Waals surface area contributed by atoms with Crippen LogP contribution in [0, 0.1) is 17.6 Å². The van der Waals surface area contributed by atoms with Crippen LogP contribution in [-0.4, -0.2) is 13.2 Å². The molecule has 2 rings (SSSR count). The second kappa shape index (κ2) is 5.45. The number of ether oxygens (including phenoxy) is 1. The summed E-state index contributed by atoms with van der Waals surface area (Å²) in [6.45, 7) is 0.759. The molecule has 0 saturated heterocycles. The van der Waals surface area contributed by atoms with Gasteiger partial charge in [0.15, 0.2) is 17.4 Å². The molecule has 0 bridgehead atoms. The van der Waals surface area contributed by atoms with Gasteiger partial charge in [0.25, 0.3) is 0 Å². The lowest BCUT2D eigenvalue weighted by Crippen LogP contribution is -2.06. The quantitative estimate of drug-likeness (QED) is 0.831. The Morgan fingerprint density at radius 1 is 1.24 bits per heavy atom. The van der Waals surface area contributed by atoms with E-state index < -0.39 is 11.6 Å². The molecule has 94 valence electrons. The van der Waals surface area contributed by atoms with Crippen molar-refractivity contribution in [3.05, 3.63) is 29.3 Å². The third kappa shape index (κ3) is 3.40. The summed E-state index contributed by atoms with van der Waals surface area (Å²) in [5.74, 6) is -0.836. The molecule has 1 saturated carbocycles. The molecule has 1 aromatic rings. The largest absolute Gasteiger partial charge is 0.488 e. The van der Waals surface area contributed by atoms with Gasteiger partial charge >= 0.3 is 0 Å². The Morgan fingerprint density at radius 3 is 2.41 bits per heavy atom. The van der Waals surface area contributed by atoms with E-state index in [1.807, 2.05) is 0 Å². The Morgan fingerprint density at radius 2 is 1.88 bits per heavy atom. The summed E-state index contributed by atoms with van der Waals surface area (Å²) in [5.41, 5.74) is 5.91. The molecule has 0 heterocycles. The SMILES string of the molecule is NCCc1cc(F)c(OCCC2CC2)c(F)c1. The summed E-state index contributed by atoms with van der Waals surface area (Å²) in [6.07, 6.45) is 3.77. The summed E-state index contributed by atoms with van der Waals surface area (Å²) in [6, 6.07) is 2.59. The van der Waals surface area contributed by atoms with Crippen LogP contribution in [-0.2, 0) is 6.42 Å². The minimum Gasteiger partial charge on any atom is -0.488 e. The van der Waals surface area contributed by atoms with E-state index in [2.05, 4.69) is 0 Å².